The molecule has 0 aliphatic carbocycles. The van der Waals surface area contributed by atoms with Gasteiger partial charge in [0.2, 0.25) is 0 Å². The molecule has 0 spiro atoms. The normalized spacial score (nSPS) is 28.7. The fraction of sp³-hybridized carbons (Fsp3) is 0.900. The number of thioether (sulfide) groups is 1. The number of rotatable bonds is 4. The molecule has 2 atom stereocenters. The molecule has 16 heavy (non-hydrogen) atoms. The smallest absolute Gasteiger partial charge is 0.408 e. The maximum Gasteiger partial charge on any atom is 0.408 e. The monoisotopic (exact) mass is 247 g/mol. The highest BCUT2D eigenvalue weighted by Gasteiger charge is 2.52. The van der Waals surface area contributed by atoms with Gasteiger partial charge in [0.1, 0.15) is 5.60 Å². The van der Waals surface area contributed by atoms with E-state index in [1.54, 1.807) is 11.8 Å². The highest BCUT2D eigenvalue weighted by Crippen LogP contribution is 2.50. The Hall–Kier alpha value is -0.460. The Labute approximate surface area is 101 Å². The molecule has 1 amide bonds. The molecule has 1 aliphatic heterocycles. The standard InChI is InChI=1S/C10H21N3O2S/c1-9(2,3)15-8(14)13-10(4)7(16-10)6-12-11-5/h7,11-12H,6H2,1-5H3,(H,13,14)/t7?,10-/m1/s1. The fourth-order valence-corrected chi connectivity index (χ4v) is 2.28. The summed E-state index contributed by atoms with van der Waals surface area (Å²) in [5.41, 5.74) is 5.44. The number of hydrogen-bond acceptors (Lipinski definition) is 5. The third-order valence-corrected chi connectivity index (χ3v) is 3.70. The SMILES string of the molecule is CNNCC1S[C@@]1(C)NC(=O)OC(C)(C)C. The first-order chi connectivity index (χ1) is 7.27. The first-order valence-corrected chi connectivity index (χ1v) is 6.23. The number of hydrogen-bond donors (Lipinski definition) is 3. The van der Waals surface area contributed by atoms with Crippen LogP contribution in [0.2, 0.25) is 0 Å². The van der Waals surface area contributed by atoms with E-state index in [9.17, 15) is 4.79 Å². The fourth-order valence-electron chi connectivity index (χ4n) is 1.31. The number of amides is 1. The predicted octanol–water partition coefficient (Wildman–Crippen LogP) is 1.07. The van der Waals surface area contributed by atoms with E-state index in [2.05, 4.69) is 16.2 Å². The van der Waals surface area contributed by atoms with Gasteiger partial charge in [-0.05, 0) is 34.7 Å². The van der Waals surface area contributed by atoms with Gasteiger partial charge in [0.25, 0.3) is 0 Å². The number of alkyl carbamates (subject to hydrolysis) is 1. The van der Waals surface area contributed by atoms with Crippen molar-refractivity contribution in [2.24, 2.45) is 0 Å². The van der Waals surface area contributed by atoms with Crippen molar-refractivity contribution in [1.82, 2.24) is 16.2 Å². The van der Waals surface area contributed by atoms with Crippen molar-refractivity contribution in [2.45, 2.75) is 43.4 Å². The number of nitrogens with one attached hydrogen (secondary N) is 3. The van der Waals surface area contributed by atoms with E-state index >= 15 is 0 Å². The van der Waals surface area contributed by atoms with Crippen molar-refractivity contribution in [2.75, 3.05) is 13.6 Å². The highest BCUT2D eigenvalue weighted by atomic mass is 32.2. The van der Waals surface area contributed by atoms with E-state index < -0.39 is 5.60 Å². The van der Waals surface area contributed by atoms with Gasteiger partial charge in [0.15, 0.2) is 0 Å². The van der Waals surface area contributed by atoms with Gasteiger partial charge in [0, 0.05) is 6.54 Å². The molecule has 0 bridgehead atoms. The summed E-state index contributed by atoms with van der Waals surface area (Å²) in [6, 6.07) is 0. The minimum absolute atomic E-state index is 0.202. The molecule has 0 aromatic heterocycles. The lowest BCUT2D eigenvalue weighted by molar-refractivity contribution is 0.0507. The zero-order chi connectivity index (χ0) is 12.4. The summed E-state index contributed by atoms with van der Waals surface area (Å²) in [5, 5.41) is 3.26. The van der Waals surface area contributed by atoms with E-state index in [4.69, 9.17) is 4.74 Å². The number of hydrazine groups is 1. The Morgan fingerprint density at radius 2 is 2.12 bits per heavy atom. The quantitative estimate of drug-likeness (QED) is 0.512. The Bertz CT molecular complexity index is 267. The van der Waals surface area contributed by atoms with Gasteiger partial charge in [0.05, 0.1) is 10.1 Å². The summed E-state index contributed by atoms with van der Waals surface area (Å²) in [4.78, 5) is 11.3. The third kappa shape index (κ3) is 4.19. The number of carbonyl (C=O) groups excluding carboxylic acids is 1. The summed E-state index contributed by atoms with van der Waals surface area (Å²) in [6.45, 7) is 8.38. The minimum Gasteiger partial charge on any atom is -0.444 e. The molecule has 6 heteroatoms. The highest BCUT2D eigenvalue weighted by molar-refractivity contribution is 8.08. The number of carbonyl (C=O) groups is 1. The molecule has 0 saturated carbocycles. The zero-order valence-electron chi connectivity index (χ0n) is 10.5. The van der Waals surface area contributed by atoms with E-state index in [1.165, 1.54) is 0 Å². The van der Waals surface area contributed by atoms with E-state index in [0.717, 1.165) is 6.54 Å². The summed E-state index contributed by atoms with van der Waals surface area (Å²) in [6.07, 6.45) is -0.352. The molecule has 5 nitrogen and oxygen atoms in total. The first kappa shape index (κ1) is 13.6. The largest absolute Gasteiger partial charge is 0.444 e. The van der Waals surface area contributed by atoms with Gasteiger partial charge < -0.3 is 10.1 Å². The summed E-state index contributed by atoms with van der Waals surface area (Å²) >= 11 is 1.72. The molecule has 0 aromatic rings. The molecule has 1 heterocycles. The van der Waals surface area contributed by atoms with Crippen molar-refractivity contribution in [3.8, 4) is 0 Å². The second-order valence-electron chi connectivity index (χ2n) is 4.97. The van der Waals surface area contributed by atoms with Crippen LogP contribution in [0.3, 0.4) is 0 Å². The summed E-state index contributed by atoms with van der Waals surface area (Å²) in [7, 11) is 1.83. The van der Waals surface area contributed by atoms with Gasteiger partial charge >= 0.3 is 6.09 Å². The summed E-state index contributed by atoms with van der Waals surface area (Å²) < 4.78 is 5.21. The first-order valence-electron chi connectivity index (χ1n) is 5.35. The Balaban J connectivity index is 2.30. The van der Waals surface area contributed by atoms with Crippen molar-refractivity contribution in [1.29, 1.82) is 0 Å². The van der Waals surface area contributed by atoms with E-state index in [-0.39, 0.29) is 11.0 Å². The number of ether oxygens (including phenoxy) is 1. The van der Waals surface area contributed by atoms with Crippen molar-refractivity contribution in [3.05, 3.63) is 0 Å². The maximum absolute atomic E-state index is 11.6. The van der Waals surface area contributed by atoms with Crippen LogP contribution in [0, 0.1) is 0 Å². The van der Waals surface area contributed by atoms with Crippen LogP contribution in [-0.2, 0) is 4.74 Å². The van der Waals surface area contributed by atoms with Gasteiger partial charge in [-0.3, -0.25) is 10.9 Å². The minimum atomic E-state index is -0.446. The van der Waals surface area contributed by atoms with Crippen LogP contribution in [0.15, 0.2) is 0 Å². The molecule has 94 valence electrons. The Kier molecular flexibility index (Phi) is 4.09. The Morgan fingerprint density at radius 3 is 2.62 bits per heavy atom. The van der Waals surface area contributed by atoms with Crippen LogP contribution in [-0.4, -0.2) is 35.4 Å². The van der Waals surface area contributed by atoms with Crippen molar-refractivity contribution >= 4 is 17.9 Å². The molecule has 1 saturated heterocycles. The lowest BCUT2D eigenvalue weighted by Gasteiger charge is -2.21. The molecule has 1 fully saturated rings. The molecule has 1 rings (SSSR count). The maximum atomic E-state index is 11.6. The van der Waals surface area contributed by atoms with Crippen LogP contribution in [0.1, 0.15) is 27.7 Å². The molecule has 0 aromatic carbocycles. The lowest BCUT2D eigenvalue weighted by Crippen LogP contribution is -2.43. The molecule has 1 unspecified atom stereocenters. The molecular formula is C10H21N3O2S. The van der Waals surface area contributed by atoms with Crippen molar-refractivity contribution < 1.29 is 9.53 Å². The van der Waals surface area contributed by atoms with Gasteiger partial charge in [-0.15, -0.1) is 11.8 Å². The van der Waals surface area contributed by atoms with Gasteiger partial charge in [-0.2, -0.15) is 0 Å². The van der Waals surface area contributed by atoms with Crippen LogP contribution in [0.25, 0.3) is 0 Å². The second kappa shape index (κ2) is 4.81. The lowest BCUT2D eigenvalue weighted by atomic mass is 10.2. The molecular weight excluding hydrogens is 226 g/mol. The predicted molar refractivity (Wildman–Crippen MR) is 66.2 cm³/mol. The van der Waals surface area contributed by atoms with Crippen LogP contribution >= 0.6 is 11.8 Å². The van der Waals surface area contributed by atoms with Crippen LogP contribution < -0.4 is 16.2 Å². The third-order valence-electron chi connectivity index (χ3n) is 2.16. The molecule has 0 radical (unpaired) electrons. The summed E-state index contributed by atoms with van der Waals surface area (Å²) in [5.74, 6) is 0. The van der Waals surface area contributed by atoms with E-state index in [1.807, 2.05) is 34.7 Å². The van der Waals surface area contributed by atoms with Gasteiger partial charge in [-0.25, -0.2) is 4.79 Å². The zero-order valence-corrected chi connectivity index (χ0v) is 11.3. The molecule has 1 aliphatic rings. The van der Waals surface area contributed by atoms with Crippen LogP contribution in [0.4, 0.5) is 4.79 Å². The second-order valence-corrected chi connectivity index (χ2v) is 6.62. The average molecular weight is 247 g/mol. The topological polar surface area (TPSA) is 62.4 Å². The van der Waals surface area contributed by atoms with Crippen molar-refractivity contribution in [3.63, 3.8) is 0 Å². The van der Waals surface area contributed by atoms with E-state index in [0.29, 0.717) is 5.25 Å². The van der Waals surface area contributed by atoms with Gasteiger partial charge in [-0.1, -0.05) is 0 Å². The molecule has 3 N–H and O–H groups in total. The average Bonchev–Trinajstić information content (AvgIpc) is 2.69. The van der Waals surface area contributed by atoms with Crippen LogP contribution in [0.5, 0.6) is 0 Å². The Morgan fingerprint density at radius 1 is 1.50 bits per heavy atom.